The molecule has 0 amide bonds. The molecule has 3 heterocycles. The Morgan fingerprint density at radius 2 is 1.84 bits per heavy atom. The number of pyridine rings is 1. The topological polar surface area (TPSA) is 146 Å². The van der Waals surface area contributed by atoms with Gasteiger partial charge in [-0.15, -0.1) is 0 Å². The molecule has 5 rings (SSSR count). The number of rotatable bonds is 9. The molecular weight excluding hydrogens is 474 g/mol. The standard InChI is InChI=1S/C27H37N5O5/c1-6-36-20-10-16-9-19(37-24(16)14(3)29-20)21-13(2)30-26(28-12-15-7-8-15)32-25(21)31-18-11-17(27(4,5)35)22(33)23(18)34/h9-10,15,17-18,22-23,33-35H,6-8,11-12H2,1-5H3,(H2,28,30,31,32). The minimum absolute atomic E-state index is 0.375. The van der Waals surface area contributed by atoms with Crippen LogP contribution in [0.5, 0.6) is 5.88 Å². The highest BCUT2D eigenvalue weighted by Gasteiger charge is 2.48. The zero-order valence-corrected chi connectivity index (χ0v) is 22.1. The van der Waals surface area contributed by atoms with E-state index in [0.29, 0.717) is 64.9 Å². The Morgan fingerprint density at radius 1 is 1.08 bits per heavy atom. The Bertz CT molecular complexity index is 1280. The van der Waals surface area contributed by atoms with Gasteiger partial charge in [0.2, 0.25) is 11.8 Å². The lowest BCUT2D eigenvalue weighted by molar-refractivity contribution is -0.0601. The number of fused-ring (bicyclic) bond motifs is 1. The monoisotopic (exact) mass is 511 g/mol. The van der Waals surface area contributed by atoms with Crippen molar-refractivity contribution in [2.75, 3.05) is 23.8 Å². The average molecular weight is 512 g/mol. The van der Waals surface area contributed by atoms with Crippen molar-refractivity contribution in [2.24, 2.45) is 11.8 Å². The largest absolute Gasteiger partial charge is 0.478 e. The van der Waals surface area contributed by atoms with E-state index >= 15 is 0 Å². The van der Waals surface area contributed by atoms with Crippen molar-refractivity contribution in [1.29, 1.82) is 0 Å². The van der Waals surface area contributed by atoms with Crippen molar-refractivity contribution in [2.45, 2.75) is 77.7 Å². The number of aromatic nitrogens is 3. The second-order valence-corrected chi connectivity index (χ2v) is 10.9. The summed E-state index contributed by atoms with van der Waals surface area (Å²) in [6, 6.07) is 3.24. The maximum Gasteiger partial charge on any atom is 0.224 e. The number of hydrogen-bond donors (Lipinski definition) is 5. The quantitative estimate of drug-likeness (QED) is 0.290. The average Bonchev–Trinajstić information content (AvgIpc) is 3.48. The third-order valence-electron chi connectivity index (χ3n) is 7.43. The highest BCUT2D eigenvalue weighted by atomic mass is 16.5. The van der Waals surface area contributed by atoms with Gasteiger partial charge in [-0.05, 0) is 65.9 Å². The smallest absolute Gasteiger partial charge is 0.224 e. The van der Waals surface area contributed by atoms with E-state index in [1.807, 2.05) is 32.9 Å². The summed E-state index contributed by atoms with van der Waals surface area (Å²) in [5.74, 6) is 2.24. The fraction of sp³-hybridized carbons (Fsp3) is 0.593. The molecule has 3 aromatic rings. The summed E-state index contributed by atoms with van der Waals surface area (Å²) >= 11 is 0. The van der Waals surface area contributed by atoms with Crippen LogP contribution < -0.4 is 15.4 Å². The Morgan fingerprint density at radius 3 is 2.49 bits per heavy atom. The fourth-order valence-corrected chi connectivity index (χ4v) is 5.19. The summed E-state index contributed by atoms with van der Waals surface area (Å²) in [6.45, 7) is 10.3. The molecule has 2 aliphatic rings. The fourth-order valence-electron chi connectivity index (χ4n) is 5.19. The number of aliphatic hydroxyl groups is 3. The molecule has 2 aliphatic carbocycles. The summed E-state index contributed by atoms with van der Waals surface area (Å²) in [5, 5.41) is 39.6. The highest BCUT2D eigenvalue weighted by molar-refractivity contribution is 5.88. The summed E-state index contributed by atoms with van der Waals surface area (Å²) < 4.78 is 11.9. The second kappa shape index (κ2) is 9.74. The van der Waals surface area contributed by atoms with Gasteiger partial charge in [0, 0.05) is 23.9 Å². The molecule has 0 aromatic carbocycles. The maximum atomic E-state index is 10.8. The van der Waals surface area contributed by atoms with Gasteiger partial charge in [-0.1, -0.05) is 0 Å². The van der Waals surface area contributed by atoms with Crippen LogP contribution >= 0.6 is 0 Å². The summed E-state index contributed by atoms with van der Waals surface area (Å²) in [4.78, 5) is 13.9. The van der Waals surface area contributed by atoms with Crippen LogP contribution in [0.4, 0.5) is 11.8 Å². The van der Waals surface area contributed by atoms with Gasteiger partial charge >= 0.3 is 0 Å². The van der Waals surface area contributed by atoms with Gasteiger partial charge in [0.25, 0.3) is 0 Å². The van der Waals surface area contributed by atoms with Gasteiger partial charge in [-0.2, -0.15) is 4.98 Å². The molecule has 4 unspecified atom stereocenters. The number of aryl methyl sites for hydroxylation is 2. The molecule has 0 radical (unpaired) electrons. The van der Waals surface area contributed by atoms with Crippen LogP contribution in [0.25, 0.3) is 22.3 Å². The predicted octanol–water partition coefficient (Wildman–Crippen LogP) is 3.42. The van der Waals surface area contributed by atoms with E-state index in [4.69, 9.17) is 19.1 Å². The Balaban J connectivity index is 1.54. The normalized spacial score (nSPS) is 24.0. The number of nitrogens with one attached hydrogen (secondary N) is 2. The van der Waals surface area contributed by atoms with Gasteiger partial charge in [-0.25, -0.2) is 9.97 Å². The van der Waals surface area contributed by atoms with E-state index < -0.39 is 29.8 Å². The van der Waals surface area contributed by atoms with Gasteiger partial charge in [-0.3, -0.25) is 0 Å². The van der Waals surface area contributed by atoms with Crippen LogP contribution in [-0.4, -0.2) is 67.3 Å². The summed E-state index contributed by atoms with van der Waals surface area (Å²) in [6.07, 6.45) is 0.650. The third kappa shape index (κ3) is 5.23. The zero-order chi connectivity index (χ0) is 26.5. The first kappa shape index (κ1) is 25.7. The lowest BCUT2D eigenvalue weighted by atomic mass is 9.88. The number of hydrogen-bond acceptors (Lipinski definition) is 10. The molecule has 10 nitrogen and oxygen atoms in total. The molecular formula is C27H37N5O5. The van der Waals surface area contributed by atoms with Crippen LogP contribution in [0.3, 0.4) is 0 Å². The number of anilines is 2. The number of nitrogens with zero attached hydrogens (tertiary/aromatic N) is 3. The van der Waals surface area contributed by atoms with Crippen molar-refractivity contribution >= 4 is 22.7 Å². The SMILES string of the molecule is CCOc1cc2cc(-c3c(C)nc(NCC4CC4)nc3NC3CC(C(C)(C)O)C(O)C3O)oc2c(C)n1. The Labute approximate surface area is 216 Å². The Kier molecular flexibility index (Phi) is 6.76. The van der Waals surface area contributed by atoms with E-state index in [1.54, 1.807) is 13.8 Å². The van der Waals surface area contributed by atoms with Gasteiger partial charge in [0.05, 0.1) is 41.3 Å². The lowest BCUT2D eigenvalue weighted by Crippen LogP contribution is -2.40. The molecule has 37 heavy (non-hydrogen) atoms. The number of furan rings is 1. The molecule has 200 valence electrons. The first-order valence-electron chi connectivity index (χ1n) is 13.1. The Hall–Kier alpha value is -2.95. The van der Waals surface area contributed by atoms with E-state index in [1.165, 1.54) is 12.8 Å². The van der Waals surface area contributed by atoms with Crippen LogP contribution in [0.15, 0.2) is 16.5 Å². The minimum Gasteiger partial charge on any atom is -0.478 e. The molecule has 0 spiro atoms. The molecule has 0 saturated heterocycles. The molecule has 4 atom stereocenters. The van der Waals surface area contributed by atoms with Gasteiger partial charge < -0.3 is 35.1 Å². The predicted molar refractivity (Wildman–Crippen MR) is 141 cm³/mol. The molecule has 3 aromatic heterocycles. The number of aliphatic hydroxyl groups excluding tert-OH is 2. The van der Waals surface area contributed by atoms with Crippen molar-refractivity contribution in [1.82, 2.24) is 15.0 Å². The molecule has 10 heteroatoms. The second-order valence-electron chi connectivity index (χ2n) is 10.9. The third-order valence-corrected chi connectivity index (χ3v) is 7.43. The van der Waals surface area contributed by atoms with Crippen LogP contribution in [0, 0.1) is 25.7 Å². The zero-order valence-electron chi connectivity index (χ0n) is 22.1. The summed E-state index contributed by atoms with van der Waals surface area (Å²) in [5.41, 5.74) is 1.60. The van der Waals surface area contributed by atoms with Gasteiger partial charge in [0.15, 0.2) is 5.58 Å². The van der Waals surface area contributed by atoms with E-state index in [2.05, 4.69) is 15.6 Å². The summed E-state index contributed by atoms with van der Waals surface area (Å²) in [7, 11) is 0. The van der Waals surface area contributed by atoms with Crippen molar-refractivity contribution in [3.63, 3.8) is 0 Å². The van der Waals surface area contributed by atoms with Crippen molar-refractivity contribution in [3.05, 3.63) is 23.5 Å². The lowest BCUT2D eigenvalue weighted by Gasteiger charge is -2.28. The molecule has 5 N–H and O–H groups in total. The van der Waals surface area contributed by atoms with E-state index in [9.17, 15) is 15.3 Å². The highest BCUT2D eigenvalue weighted by Crippen LogP contribution is 2.40. The van der Waals surface area contributed by atoms with Crippen LogP contribution in [-0.2, 0) is 0 Å². The minimum atomic E-state index is -1.14. The number of ether oxygens (including phenoxy) is 1. The van der Waals surface area contributed by atoms with Crippen LogP contribution in [0.2, 0.25) is 0 Å². The van der Waals surface area contributed by atoms with E-state index in [-0.39, 0.29) is 0 Å². The van der Waals surface area contributed by atoms with Crippen molar-refractivity contribution < 1.29 is 24.5 Å². The first-order chi connectivity index (χ1) is 17.5. The maximum absolute atomic E-state index is 10.8. The first-order valence-corrected chi connectivity index (χ1v) is 13.1. The molecule has 0 bridgehead atoms. The van der Waals surface area contributed by atoms with Crippen molar-refractivity contribution in [3.8, 4) is 17.2 Å². The van der Waals surface area contributed by atoms with Crippen LogP contribution in [0.1, 0.15) is 51.4 Å². The molecule has 0 aliphatic heterocycles. The van der Waals surface area contributed by atoms with Gasteiger partial charge in [0.1, 0.15) is 17.7 Å². The van der Waals surface area contributed by atoms with E-state index in [0.717, 1.165) is 11.9 Å². The molecule has 2 fully saturated rings. The molecule has 2 saturated carbocycles.